The van der Waals surface area contributed by atoms with Crippen LogP contribution in [0, 0.1) is 24.2 Å². The first-order chi connectivity index (χ1) is 8.13. The third-order valence-corrected chi connectivity index (χ3v) is 2.69. The first-order valence-corrected chi connectivity index (χ1v) is 5.49. The Balaban J connectivity index is 2.71. The van der Waals surface area contributed by atoms with E-state index in [4.69, 9.17) is 5.26 Å². The van der Waals surface area contributed by atoms with Gasteiger partial charge in [-0.15, -0.1) is 0 Å². The molecule has 0 bridgehead atoms. The van der Waals surface area contributed by atoms with Gasteiger partial charge in [0.2, 0.25) is 0 Å². The number of nitriles is 1. The maximum absolute atomic E-state index is 12.0. The van der Waals surface area contributed by atoms with E-state index in [0.29, 0.717) is 12.2 Å². The molecule has 4 heteroatoms. The van der Waals surface area contributed by atoms with E-state index in [1.54, 1.807) is 18.4 Å². The second kappa shape index (κ2) is 4.38. The van der Waals surface area contributed by atoms with E-state index in [0.717, 1.165) is 11.0 Å². The zero-order chi connectivity index (χ0) is 12.4. The van der Waals surface area contributed by atoms with Crippen molar-refractivity contribution in [3.05, 3.63) is 40.3 Å². The normalized spacial score (nSPS) is 12.3. The van der Waals surface area contributed by atoms with Crippen LogP contribution in [-0.4, -0.2) is 9.55 Å². The van der Waals surface area contributed by atoms with Gasteiger partial charge in [-0.2, -0.15) is 5.26 Å². The number of aryl methyl sites for hydroxylation is 1. The quantitative estimate of drug-likeness (QED) is 0.786. The van der Waals surface area contributed by atoms with Crippen LogP contribution in [0.1, 0.15) is 12.6 Å². The van der Waals surface area contributed by atoms with Crippen molar-refractivity contribution in [2.45, 2.75) is 20.4 Å². The Morgan fingerprint density at radius 2 is 2.18 bits per heavy atom. The molecule has 1 atom stereocenters. The summed E-state index contributed by atoms with van der Waals surface area (Å²) < 4.78 is 1.63. The molecule has 1 unspecified atom stereocenters. The molecule has 17 heavy (non-hydrogen) atoms. The van der Waals surface area contributed by atoms with Gasteiger partial charge in [0.25, 0.3) is 5.56 Å². The predicted octanol–water partition coefficient (Wildman–Crippen LogP) is 1.86. The van der Waals surface area contributed by atoms with Gasteiger partial charge in [-0.3, -0.25) is 4.79 Å². The third-order valence-electron chi connectivity index (χ3n) is 2.69. The lowest BCUT2D eigenvalue weighted by Gasteiger charge is -2.11. The van der Waals surface area contributed by atoms with Crippen molar-refractivity contribution < 1.29 is 0 Å². The number of aromatic nitrogens is 2. The lowest BCUT2D eigenvalue weighted by molar-refractivity contribution is 0.576. The van der Waals surface area contributed by atoms with Gasteiger partial charge in [-0.25, -0.2) is 4.98 Å². The van der Waals surface area contributed by atoms with E-state index in [-0.39, 0.29) is 11.5 Å². The summed E-state index contributed by atoms with van der Waals surface area (Å²) in [7, 11) is 0. The van der Waals surface area contributed by atoms with Crippen molar-refractivity contribution in [3.8, 4) is 6.07 Å². The highest BCUT2D eigenvalue weighted by Crippen LogP contribution is 2.11. The zero-order valence-corrected chi connectivity index (χ0v) is 9.84. The third kappa shape index (κ3) is 2.04. The van der Waals surface area contributed by atoms with E-state index in [1.807, 2.05) is 24.3 Å². The van der Waals surface area contributed by atoms with Crippen molar-refractivity contribution in [2.24, 2.45) is 5.92 Å². The van der Waals surface area contributed by atoms with Crippen molar-refractivity contribution in [2.75, 3.05) is 0 Å². The van der Waals surface area contributed by atoms with E-state index >= 15 is 0 Å². The number of nitrogens with zero attached hydrogens (tertiary/aromatic N) is 3. The van der Waals surface area contributed by atoms with Crippen LogP contribution in [0.4, 0.5) is 0 Å². The summed E-state index contributed by atoms with van der Waals surface area (Å²) in [5.41, 5.74) is 1.92. The van der Waals surface area contributed by atoms with Crippen LogP contribution in [0.2, 0.25) is 0 Å². The van der Waals surface area contributed by atoms with Gasteiger partial charge in [-0.05, 0) is 26.0 Å². The van der Waals surface area contributed by atoms with Crippen LogP contribution in [0.5, 0.6) is 0 Å². The fraction of sp³-hybridized carbons (Fsp3) is 0.308. The molecule has 0 fully saturated rings. The van der Waals surface area contributed by atoms with Crippen LogP contribution < -0.4 is 5.56 Å². The molecule has 0 aliphatic heterocycles. The Bertz CT molecular complexity index is 652. The van der Waals surface area contributed by atoms with E-state index < -0.39 is 0 Å². The Labute approximate surface area is 99.1 Å². The summed E-state index contributed by atoms with van der Waals surface area (Å²) in [6, 6.07) is 9.62. The lowest BCUT2D eigenvalue weighted by Crippen LogP contribution is -2.26. The van der Waals surface area contributed by atoms with Gasteiger partial charge in [-0.1, -0.05) is 12.1 Å². The first-order valence-electron chi connectivity index (χ1n) is 5.49. The summed E-state index contributed by atoms with van der Waals surface area (Å²) in [4.78, 5) is 16.3. The summed E-state index contributed by atoms with van der Waals surface area (Å²) in [5.74, 6) is -0.196. The molecule has 4 nitrogen and oxygen atoms in total. The van der Waals surface area contributed by atoms with Crippen molar-refractivity contribution >= 4 is 11.0 Å². The van der Waals surface area contributed by atoms with E-state index in [1.165, 1.54) is 0 Å². The van der Waals surface area contributed by atoms with Crippen LogP contribution in [0.15, 0.2) is 29.1 Å². The number of hydrogen-bond acceptors (Lipinski definition) is 3. The van der Waals surface area contributed by atoms with Gasteiger partial charge < -0.3 is 4.57 Å². The number of benzene rings is 1. The highest BCUT2D eigenvalue weighted by atomic mass is 16.1. The van der Waals surface area contributed by atoms with E-state index in [2.05, 4.69) is 11.1 Å². The van der Waals surface area contributed by atoms with Crippen molar-refractivity contribution in [3.63, 3.8) is 0 Å². The first kappa shape index (κ1) is 11.3. The average molecular weight is 227 g/mol. The molecule has 0 aliphatic rings. The maximum atomic E-state index is 12.0. The lowest BCUT2D eigenvalue weighted by atomic mass is 10.2. The molecule has 0 aliphatic carbocycles. The molecule has 0 radical (unpaired) electrons. The fourth-order valence-corrected chi connectivity index (χ4v) is 1.82. The van der Waals surface area contributed by atoms with Gasteiger partial charge >= 0.3 is 0 Å². The van der Waals surface area contributed by atoms with Crippen LogP contribution in [0.3, 0.4) is 0 Å². The SMILES string of the molecule is Cc1nc2ccccc2n(CC(C)C#N)c1=O. The fourth-order valence-electron chi connectivity index (χ4n) is 1.82. The maximum Gasteiger partial charge on any atom is 0.272 e. The Morgan fingerprint density at radius 3 is 2.88 bits per heavy atom. The summed E-state index contributed by atoms with van der Waals surface area (Å²) in [6.45, 7) is 3.90. The minimum atomic E-state index is -0.196. The van der Waals surface area contributed by atoms with Crippen LogP contribution >= 0.6 is 0 Å². The molecule has 0 spiro atoms. The molecule has 86 valence electrons. The second-order valence-electron chi connectivity index (χ2n) is 4.13. The second-order valence-corrected chi connectivity index (χ2v) is 4.13. The van der Waals surface area contributed by atoms with Crippen molar-refractivity contribution in [1.82, 2.24) is 9.55 Å². The van der Waals surface area contributed by atoms with Crippen LogP contribution in [0.25, 0.3) is 11.0 Å². The summed E-state index contributed by atoms with van der Waals surface area (Å²) in [5, 5.41) is 8.85. The highest BCUT2D eigenvalue weighted by Gasteiger charge is 2.10. The Morgan fingerprint density at radius 1 is 1.47 bits per heavy atom. The average Bonchev–Trinajstić information content (AvgIpc) is 2.34. The zero-order valence-electron chi connectivity index (χ0n) is 9.84. The van der Waals surface area contributed by atoms with Gasteiger partial charge in [0, 0.05) is 6.54 Å². The molecule has 0 saturated heterocycles. The van der Waals surface area contributed by atoms with Gasteiger partial charge in [0.05, 0.1) is 23.0 Å². The largest absolute Gasteiger partial charge is 0.304 e. The summed E-state index contributed by atoms with van der Waals surface area (Å²) >= 11 is 0. The molecule has 1 heterocycles. The molecule has 0 amide bonds. The molecule has 2 rings (SSSR count). The number of para-hydroxylation sites is 2. The highest BCUT2D eigenvalue weighted by molar-refractivity contribution is 5.74. The summed E-state index contributed by atoms with van der Waals surface area (Å²) in [6.07, 6.45) is 0. The number of hydrogen-bond donors (Lipinski definition) is 0. The number of fused-ring (bicyclic) bond motifs is 1. The topological polar surface area (TPSA) is 58.7 Å². The number of rotatable bonds is 2. The van der Waals surface area contributed by atoms with Gasteiger partial charge in [0.15, 0.2) is 0 Å². The molecular weight excluding hydrogens is 214 g/mol. The molecule has 0 saturated carbocycles. The minimum Gasteiger partial charge on any atom is -0.304 e. The van der Waals surface area contributed by atoms with Crippen LogP contribution in [-0.2, 0) is 6.54 Å². The van der Waals surface area contributed by atoms with E-state index in [9.17, 15) is 4.79 Å². The monoisotopic (exact) mass is 227 g/mol. The molecule has 1 aromatic heterocycles. The molecule has 1 aromatic carbocycles. The smallest absolute Gasteiger partial charge is 0.272 e. The molecule has 2 aromatic rings. The minimum absolute atomic E-state index is 0.120. The standard InChI is InChI=1S/C13H13N3O/c1-9(7-14)8-16-12-6-4-3-5-11(12)15-10(2)13(16)17/h3-6,9H,8H2,1-2H3. The predicted molar refractivity (Wildman–Crippen MR) is 65.5 cm³/mol. The molecule has 0 N–H and O–H groups in total. The Kier molecular flexibility index (Phi) is 2.92. The van der Waals surface area contributed by atoms with Crippen molar-refractivity contribution in [1.29, 1.82) is 5.26 Å². The molecular formula is C13H13N3O. The Hall–Kier alpha value is -2.15. The van der Waals surface area contributed by atoms with Gasteiger partial charge in [0.1, 0.15) is 5.69 Å².